The van der Waals surface area contributed by atoms with Crippen LogP contribution in [0, 0.1) is 12.8 Å². The van der Waals surface area contributed by atoms with Crippen LogP contribution in [0.2, 0.25) is 0 Å². The first-order chi connectivity index (χ1) is 12.6. The molecule has 2 aromatic heterocycles. The molecule has 0 spiro atoms. The van der Waals surface area contributed by atoms with Crippen molar-refractivity contribution in [2.45, 2.75) is 19.8 Å². The minimum absolute atomic E-state index is 0.00626. The monoisotopic (exact) mass is 415 g/mol. The van der Waals surface area contributed by atoms with E-state index in [1.807, 2.05) is 18.2 Å². The van der Waals surface area contributed by atoms with Gasteiger partial charge >= 0.3 is 0 Å². The van der Waals surface area contributed by atoms with Gasteiger partial charge < -0.3 is 14.7 Å². The first kappa shape index (κ1) is 17.0. The van der Waals surface area contributed by atoms with Crippen molar-refractivity contribution in [2.24, 2.45) is 5.92 Å². The molecule has 0 bridgehead atoms. The third-order valence-electron chi connectivity index (χ3n) is 4.62. The summed E-state index contributed by atoms with van der Waals surface area (Å²) < 4.78 is 5.99. The van der Waals surface area contributed by atoms with Gasteiger partial charge in [0, 0.05) is 34.9 Å². The second kappa shape index (κ2) is 7.03. The summed E-state index contributed by atoms with van der Waals surface area (Å²) in [6.07, 6.45) is 3.13. The van der Waals surface area contributed by atoms with Crippen molar-refractivity contribution in [1.82, 2.24) is 15.1 Å². The fourth-order valence-corrected chi connectivity index (χ4v) is 3.64. The summed E-state index contributed by atoms with van der Waals surface area (Å²) in [7, 11) is 0. The molecule has 0 saturated carbocycles. The highest BCUT2D eigenvalue weighted by molar-refractivity contribution is 9.10. The predicted molar refractivity (Wildman–Crippen MR) is 102 cm³/mol. The maximum Gasteiger partial charge on any atom is 0.228 e. The number of aromatic nitrogens is 3. The molecule has 1 aliphatic heterocycles. The van der Waals surface area contributed by atoms with E-state index >= 15 is 0 Å². The Balaban J connectivity index is 1.45. The number of hydrogen-bond acceptors (Lipinski definition) is 6. The van der Waals surface area contributed by atoms with E-state index in [9.17, 15) is 4.79 Å². The molecule has 3 aromatic rings. The summed E-state index contributed by atoms with van der Waals surface area (Å²) >= 11 is 3.51. The van der Waals surface area contributed by atoms with E-state index in [1.54, 1.807) is 19.3 Å². The van der Waals surface area contributed by atoms with Crippen LogP contribution >= 0.6 is 15.9 Å². The molecule has 0 unspecified atom stereocenters. The van der Waals surface area contributed by atoms with E-state index in [2.05, 4.69) is 41.3 Å². The van der Waals surface area contributed by atoms with Crippen molar-refractivity contribution in [3.8, 4) is 0 Å². The second-order valence-electron chi connectivity index (χ2n) is 6.43. The van der Waals surface area contributed by atoms with Gasteiger partial charge in [-0.3, -0.25) is 4.79 Å². The molecular weight excluding hydrogens is 398 g/mol. The summed E-state index contributed by atoms with van der Waals surface area (Å²) in [6, 6.07) is 7.71. The first-order valence-electron chi connectivity index (χ1n) is 8.49. The highest BCUT2D eigenvalue weighted by Crippen LogP contribution is 2.29. The van der Waals surface area contributed by atoms with Crippen LogP contribution in [0.5, 0.6) is 0 Å². The standard InChI is InChI=1S/C18H18BrN5O2/c1-11-8-16(23-26-11)22-18(25)12-4-6-24(7-5-12)17-14-9-13(19)2-3-15(14)20-10-21-17/h2-3,8-10,12H,4-7H2,1H3,(H,22,23,25). The van der Waals surface area contributed by atoms with Crippen LogP contribution in [0.1, 0.15) is 18.6 Å². The lowest BCUT2D eigenvalue weighted by atomic mass is 9.95. The Morgan fingerprint density at radius 1 is 1.27 bits per heavy atom. The number of amides is 1. The molecule has 26 heavy (non-hydrogen) atoms. The predicted octanol–water partition coefficient (Wildman–Crippen LogP) is 3.54. The molecule has 0 atom stereocenters. The zero-order valence-electron chi connectivity index (χ0n) is 14.3. The van der Waals surface area contributed by atoms with Gasteiger partial charge in [-0.15, -0.1) is 0 Å². The number of rotatable bonds is 3. The van der Waals surface area contributed by atoms with E-state index in [0.717, 1.165) is 47.1 Å². The molecule has 1 amide bonds. The number of anilines is 2. The molecule has 1 N–H and O–H groups in total. The lowest BCUT2D eigenvalue weighted by Gasteiger charge is -2.32. The average molecular weight is 416 g/mol. The second-order valence-corrected chi connectivity index (χ2v) is 7.35. The summed E-state index contributed by atoms with van der Waals surface area (Å²) in [6.45, 7) is 3.34. The third-order valence-corrected chi connectivity index (χ3v) is 5.11. The molecule has 7 nitrogen and oxygen atoms in total. The Bertz CT molecular complexity index is 950. The Labute approximate surface area is 158 Å². The molecule has 0 aliphatic carbocycles. The molecular formula is C18H18BrN5O2. The number of aryl methyl sites for hydroxylation is 1. The van der Waals surface area contributed by atoms with Crippen molar-refractivity contribution in [3.05, 3.63) is 40.8 Å². The molecule has 1 saturated heterocycles. The fraction of sp³-hybridized carbons (Fsp3) is 0.333. The number of fused-ring (bicyclic) bond motifs is 1. The van der Waals surface area contributed by atoms with Gasteiger partial charge in [-0.2, -0.15) is 0 Å². The average Bonchev–Trinajstić information content (AvgIpc) is 3.06. The minimum Gasteiger partial charge on any atom is -0.360 e. The van der Waals surface area contributed by atoms with Crippen molar-refractivity contribution in [2.75, 3.05) is 23.3 Å². The Hall–Kier alpha value is -2.48. The van der Waals surface area contributed by atoms with Gasteiger partial charge in [0.05, 0.1) is 5.52 Å². The van der Waals surface area contributed by atoms with E-state index in [4.69, 9.17) is 4.52 Å². The van der Waals surface area contributed by atoms with Crippen LogP contribution in [0.3, 0.4) is 0 Å². The van der Waals surface area contributed by atoms with Crippen LogP contribution < -0.4 is 10.2 Å². The number of carbonyl (C=O) groups is 1. The van der Waals surface area contributed by atoms with Gasteiger partial charge in [0.25, 0.3) is 0 Å². The summed E-state index contributed by atoms with van der Waals surface area (Å²) in [4.78, 5) is 23.5. The molecule has 4 rings (SSSR count). The van der Waals surface area contributed by atoms with Crippen molar-refractivity contribution < 1.29 is 9.32 Å². The highest BCUT2D eigenvalue weighted by Gasteiger charge is 2.27. The molecule has 1 fully saturated rings. The number of piperidine rings is 1. The maximum absolute atomic E-state index is 12.4. The van der Waals surface area contributed by atoms with Crippen LogP contribution in [0.15, 0.2) is 39.6 Å². The summed E-state index contributed by atoms with van der Waals surface area (Å²) in [5.41, 5.74) is 0.916. The molecule has 0 radical (unpaired) electrons. The molecule has 3 heterocycles. The highest BCUT2D eigenvalue weighted by atomic mass is 79.9. The lowest BCUT2D eigenvalue weighted by molar-refractivity contribution is -0.120. The number of carbonyl (C=O) groups excluding carboxylic acids is 1. The Morgan fingerprint density at radius 3 is 2.81 bits per heavy atom. The number of nitrogens with one attached hydrogen (secondary N) is 1. The van der Waals surface area contributed by atoms with Crippen molar-refractivity contribution in [1.29, 1.82) is 0 Å². The summed E-state index contributed by atoms with van der Waals surface area (Å²) in [5, 5.41) is 7.66. The van der Waals surface area contributed by atoms with E-state index in [-0.39, 0.29) is 11.8 Å². The fourth-order valence-electron chi connectivity index (χ4n) is 3.27. The van der Waals surface area contributed by atoms with Crippen LogP contribution in [0.4, 0.5) is 11.6 Å². The van der Waals surface area contributed by atoms with Crippen LogP contribution in [-0.4, -0.2) is 34.1 Å². The van der Waals surface area contributed by atoms with Gasteiger partial charge in [0.2, 0.25) is 5.91 Å². The summed E-state index contributed by atoms with van der Waals surface area (Å²) in [5.74, 6) is 2.03. The Kier molecular flexibility index (Phi) is 4.58. The quantitative estimate of drug-likeness (QED) is 0.703. The number of benzene rings is 1. The van der Waals surface area contributed by atoms with Gasteiger partial charge in [0.15, 0.2) is 5.82 Å². The number of nitrogens with zero attached hydrogens (tertiary/aromatic N) is 4. The number of halogens is 1. The smallest absolute Gasteiger partial charge is 0.228 e. The molecule has 1 aromatic carbocycles. The number of hydrogen-bond donors (Lipinski definition) is 1. The first-order valence-corrected chi connectivity index (χ1v) is 9.29. The van der Waals surface area contributed by atoms with E-state index < -0.39 is 0 Å². The van der Waals surface area contributed by atoms with Crippen LogP contribution in [0.25, 0.3) is 10.9 Å². The van der Waals surface area contributed by atoms with Gasteiger partial charge in [-0.1, -0.05) is 21.1 Å². The van der Waals surface area contributed by atoms with Gasteiger partial charge in [0.1, 0.15) is 17.9 Å². The third kappa shape index (κ3) is 3.41. The normalized spacial score (nSPS) is 15.4. The van der Waals surface area contributed by atoms with Crippen molar-refractivity contribution >= 4 is 44.4 Å². The van der Waals surface area contributed by atoms with E-state index in [0.29, 0.717) is 11.6 Å². The zero-order chi connectivity index (χ0) is 18.1. The Morgan fingerprint density at radius 2 is 2.08 bits per heavy atom. The lowest BCUT2D eigenvalue weighted by Crippen LogP contribution is -2.38. The molecule has 134 valence electrons. The largest absolute Gasteiger partial charge is 0.360 e. The van der Waals surface area contributed by atoms with E-state index in [1.165, 1.54) is 0 Å². The maximum atomic E-state index is 12.4. The molecule has 1 aliphatic rings. The topological polar surface area (TPSA) is 84.2 Å². The molecule has 8 heteroatoms. The van der Waals surface area contributed by atoms with Gasteiger partial charge in [-0.05, 0) is 38.0 Å². The zero-order valence-corrected chi connectivity index (χ0v) is 15.9. The van der Waals surface area contributed by atoms with Crippen LogP contribution in [-0.2, 0) is 4.79 Å². The van der Waals surface area contributed by atoms with Gasteiger partial charge in [-0.25, -0.2) is 9.97 Å². The minimum atomic E-state index is -0.0388. The SMILES string of the molecule is Cc1cc(NC(=O)C2CCN(c3ncnc4ccc(Br)cc34)CC2)no1. The van der Waals surface area contributed by atoms with Crippen molar-refractivity contribution in [3.63, 3.8) is 0 Å².